The fraction of sp³-hybridized carbons (Fsp3) is 0.200. The van der Waals surface area contributed by atoms with E-state index in [1.807, 2.05) is 12.1 Å². The van der Waals surface area contributed by atoms with E-state index < -0.39 is 0 Å². The molecule has 1 aromatic heterocycles. The van der Waals surface area contributed by atoms with Crippen molar-refractivity contribution in [3.05, 3.63) is 23.8 Å². The number of thiophene rings is 1. The fourth-order valence-electron chi connectivity index (χ4n) is 1.41. The Morgan fingerprint density at radius 2 is 2.14 bits per heavy atom. The molecule has 1 heterocycles. The van der Waals surface area contributed by atoms with E-state index >= 15 is 0 Å². The van der Waals surface area contributed by atoms with Gasteiger partial charge in [0.15, 0.2) is 5.06 Å². The van der Waals surface area contributed by atoms with Crippen molar-refractivity contribution < 1.29 is 14.9 Å². The number of benzene rings is 1. The first-order valence-electron chi connectivity index (χ1n) is 4.15. The van der Waals surface area contributed by atoms with Crippen molar-refractivity contribution in [2.75, 3.05) is 7.11 Å². The van der Waals surface area contributed by atoms with Crippen LogP contribution in [0.1, 0.15) is 5.56 Å². The Morgan fingerprint density at radius 3 is 2.79 bits per heavy atom. The zero-order valence-electron chi connectivity index (χ0n) is 7.65. The number of aliphatic hydroxyl groups excluding tert-OH is 1. The molecule has 0 bridgehead atoms. The highest BCUT2D eigenvalue weighted by molar-refractivity contribution is 7.20. The molecule has 4 heteroatoms. The molecular weight excluding hydrogens is 200 g/mol. The van der Waals surface area contributed by atoms with E-state index in [2.05, 4.69) is 0 Å². The SMILES string of the molecule is COc1cc2cc(O)sc2cc1CO. The van der Waals surface area contributed by atoms with Gasteiger partial charge in [-0.1, -0.05) is 11.3 Å². The van der Waals surface area contributed by atoms with Gasteiger partial charge in [0.1, 0.15) is 5.75 Å². The first-order chi connectivity index (χ1) is 6.74. The van der Waals surface area contributed by atoms with E-state index in [0.29, 0.717) is 5.75 Å². The van der Waals surface area contributed by atoms with Crippen LogP contribution >= 0.6 is 11.3 Å². The zero-order valence-corrected chi connectivity index (χ0v) is 8.47. The Hall–Kier alpha value is -1.26. The standard InChI is InChI=1S/C10H10O3S/c1-13-8-2-6-4-10(12)14-9(6)3-7(8)5-11/h2-4,11-12H,5H2,1H3. The van der Waals surface area contributed by atoms with Crippen LogP contribution in [0.4, 0.5) is 0 Å². The second-order valence-corrected chi connectivity index (χ2v) is 4.01. The number of methoxy groups -OCH3 is 1. The van der Waals surface area contributed by atoms with E-state index in [0.717, 1.165) is 15.6 Å². The molecule has 0 aliphatic heterocycles. The quantitative estimate of drug-likeness (QED) is 0.798. The second-order valence-electron chi connectivity index (χ2n) is 2.94. The van der Waals surface area contributed by atoms with Gasteiger partial charge in [0.2, 0.25) is 0 Å². The van der Waals surface area contributed by atoms with Crippen molar-refractivity contribution in [3.8, 4) is 10.8 Å². The minimum Gasteiger partial charge on any atom is -0.499 e. The van der Waals surface area contributed by atoms with Crippen molar-refractivity contribution in [1.82, 2.24) is 0 Å². The molecule has 0 unspecified atom stereocenters. The highest BCUT2D eigenvalue weighted by Gasteiger charge is 2.07. The monoisotopic (exact) mass is 210 g/mol. The predicted octanol–water partition coefficient (Wildman–Crippen LogP) is 2.11. The van der Waals surface area contributed by atoms with Crippen LogP contribution in [0.2, 0.25) is 0 Å². The molecule has 0 radical (unpaired) electrons. The van der Waals surface area contributed by atoms with Gasteiger partial charge in [-0.2, -0.15) is 0 Å². The van der Waals surface area contributed by atoms with Crippen LogP contribution in [0.25, 0.3) is 10.1 Å². The first-order valence-corrected chi connectivity index (χ1v) is 4.96. The van der Waals surface area contributed by atoms with Crippen LogP contribution in [0, 0.1) is 0 Å². The summed E-state index contributed by atoms with van der Waals surface area (Å²) < 4.78 is 6.07. The van der Waals surface area contributed by atoms with E-state index in [1.54, 1.807) is 13.2 Å². The number of fused-ring (bicyclic) bond motifs is 1. The summed E-state index contributed by atoms with van der Waals surface area (Å²) in [6.45, 7) is -0.0578. The minimum atomic E-state index is -0.0578. The van der Waals surface area contributed by atoms with Gasteiger partial charge in [0, 0.05) is 10.3 Å². The third kappa shape index (κ3) is 1.42. The van der Waals surface area contributed by atoms with E-state index in [9.17, 15) is 5.11 Å². The lowest BCUT2D eigenvalue weighted by Crippen LogP contribution is -1.90. The van der Waals surface area contributed by atoms with Crippen molar-refractivity contribution in [1.29, 1.82) is 0 Å². The molecule has 74 valence electrons. The Morgan fingerprint density at radius 1 is 1.36 bits per heavy atom. The van der Waals surface area contributed by atoms with Crippen LogP contribution in [0.15, 0.2) is 18.2 Å². The minimum absolute atomic E-state index is 0.0578. The van der Waals surface area contributed by atoms with Gasteiger partial charge in [-0.15, -0.1) is 0 Å². The number of ether oxygens (including phenoxy) is 1. The normalized spacial score (nSPS) is 10.7. The van der Waals surface area contributed by atoms with Crippen molar-refractivity contribution in [2.45, 2.75) is 6.61 Å². The average molecular weight is 210 g/mol. The maximum absolute atomic E-state index is 9.30. The molecule has 2 rings (SSSR count). The number of hydrogen-bond acceptors (Lipinski definition) is 4. The predicted molar refractivity (Wildman–Crippen MR) is 56.0 cm³/mol. The topological polar surface area (TPSA) is 49.7 Å². The maximum Gasteiger partial charge on any atom is 0.172 e. The molecule has 0 aliphatic rings. The number of hydrogen-bond donors (Lipinski definition) is 2. The summed E-state index contributed by atoms with van der Waals surface area (Å²) >= 11 is 1.29. The highest BCUT2D eigenvalue weighted by Crippen LogP contribution is 2.35. The molecule has 14 heavy (non-hydrogen) atoms. The summed E-state index contributed by atoms with van der Waals surface area (Å²) in [6, 6.07) is 5.33. The summed E-state index contributed by atoms with van der Waals surface area (Å²) in [5.41, 5.74) is 0.738. The molecule has 0 amide bonds. The molecule has 3 nitrogen and oxygen atoms in total. The van der Waals surface area contributed by atoms with Crippen LogP contribution in [0.5, 0.6) is 10.8 Å². The Balaban J connectivity index is 2.68. The van der Waals surface area contributed by atoms with E-state index in [4.69, 9.17) is 9.84 Å². The number of rotatable bonds is 2. The lowest BCUT2D eigenvalue weighted by molar-refractivity contribution is 0.274. The molecule has 0 saturated heterocycles. The van der Waals surface area contributed by atoms with Crippen LogP contribution < -0.4 is 4.74 Å². The molecule has 0 atom stereocenters. The molecular formula is C10H10O3S. The lowest BCUT2D eigenvalue weighted by Gasteiger charge is -2.05. The van der Waals surface area contributed by atoms with Crippen molar-refractivity contribution >= 4 is 21.4 Å². The van der Waals surface area contributed by atoms with E-state index in [-0.39, 0.29) is 11.7 Å². The number of aromatic hydroxyl groups is 1. The summed E-state index contributed by atoms with van der Waals surface area (Å²) in [7, 11) is 1.56. The van der Waals surface area contributed by atoms with Gasteiger partial charge < -0.3 is 14.9 Å². The van der Waals surface area contributed by atoms with Crippen LogP contribution in [-0.2, 0) is 6.61 Å². The fourth-order valence-corrected chi connectivity index (χ4v) is 2.26. The first kappa shape index (κ1) is 9.30. The molecule has 1 aromatic carbocycles. The molecule has 0 aliphatic carbocycles. The highest BCUT2D eigenvalue weighted by atomic mass is 32.1. The molecule has 0 spiro atoms. The molecule has 0 fully saturated rings. The summed E-state index contributed by atoms with van der Waals surface area (Å²) in [4.78, 5) is 0. The average Bonchev–Trinajstić information content (AvgIpc) is 2.54. The van der Waals surface area contributed by atoms with Gasteiger partial charge in [-0.25, -0.2) is 0 Å². The molecule has 2 aromatic rings. The maximum atomic E-state index is 9.30. The van der Waals surface area contributed by atoms with Gasteiger partial charge in [0.25, 0.3) is 0 Å². The summed E-state index contributed by atoms with van der Waals surface area (Å²) in [6.07, 6.45) is 0. The Labute approximate surface area is 85.2 Å². The molecule has 2 N–H and O–H groups in total. The third-order valence-electron chi connectivity index (χ3n) is 2.08. The Bertz CT molecular complexity index is 421. The zero-order chi connectivity index (χ0) is 10.1. The van der Waals surface area contributed by atoms with Crippen molar-refractivity contribution in [3.63, 3.8) is 0 Å². The smallest absolute Gasteiger partial charge is 0.172 e. The van der Waals surface area contributed by atoms with Gasteiger partial charge in [0.05, 0.1) is 13.7 Å². The summed E-state index contributed by atoms with van der Waals surface area (Å²) in [5.74, 6) is 0.651. The number of aliphatic hydroxyl groups is 1. The van der Waals surface area contributed by atoms with Gasteiger partial charge in [-0.05, 0) is 23.6 Å². The van der Waals surface area contributed by atoms with E-state index in [1.165, 1.54) is 11.3 Å². The largest absolute Gasteiger partial charge is 0.499 e. The van der Waals surface area contributed by atoms with Crippen molar-refractivity contribution in [2.24, 2.45) is 0 Å². The van der Waals surface area contributed by atoms with Gasteiger partial charge in [-0.3, -0.25) is 0 Å². The molecule has 0 saturated carbocycles. The third-order valence-corrected chi connectivity index (χ3v) is 2.98. The lowest BCUT2D eigenvalue weighted by atomic mass is 10.1. The summed E-state index contributed by atoms with van der Waals surface area (Å²) in [5, 5.41) is 19.6. The second kappa shape index (κ2) is 3.48. The Kier molecular flexibility index (Phi) is 2.31. The van der Waals surface area contributed by atoms with Crippen LogP contribution in [0.3, 0.4) is 0 Å². The van der Waals surface area contributed by atoms with Crippen LogP contribution in [-0.4, -0.2) is 17.3 Å². The van der Waals surface area contributed by atoms with Gasteiger partial charge >= 0.3 is 0 Å².